The third-order valence-electron chi connectivity index (χ3n) is 2.77. The zero-order valence-electron chi connectivity index (χ0n) is 10.6. The van der Waals surface area contributed by atoms with E-state index in [1.54, 1.807) is 11.3 Å². The lowest BCUT2D eigenvalue weighted by Crippen LogP contribution is -2.23. The highest BCUT2D eigenvalue weighted by molar-refractivity contribution is 9.10. The molecule has 2 rings (SSSR count). The van der Waals surface area contributed by atoms with Crippen LogP contribution in [0.25, 0.3) is 0 Å². The molecule has 1 atom stereocenters. The van der Waals surface area contributed by atoms with E-state index in [2.05, 4.69) is 57.6 Å². The monoisotopic (exact) mass is 324 g/mol. The lowest BCUT2D eigenvalue weighted by atomic mass is 10.1. The number of hydrogen-bond acceptors (Lipinski definition) is 3. The van der Waals surface area contributed by atoms with E-state index < -0.39 is 0 Å². The van der Waals surface area contributed by atoms with Crippen LogP contribution >= 0.6 is 27.3 Å². The number of pyridine rings is 1. The molecule has 0 aliphatic rings. The quantitative estimate of drug-likeness (QED) is 0.895. The molecule has 0 saturated carbocycles. The molecule has 0 spiro atoms. The number of hydrogen-bond donors (Lipinski definition) is 1. The molecule has 2 aromatic heterocycles. The van der Waals surface area contributed by atoms with Crippen molar-refractivity contribution in [2.45, 2.75) is 26.3 Å². The first-order valence-corrected chi connectivity index (χ1v) is 7.75. The van der Waals surface area contributed by atoms with Gasteiger partial charge >= 0.3 is 0 Å². The minimum atomic E-state index is 0.292. The molecule has 1 N–H and O–H groups in total. The van der Waals surface area contributed by atoms with Gasteiger partial charge in [0.2, 0.25) is 0 Å². The van der Waals surface area contributed by atoms with E-state index in [1.807, 2.05) is 12.3 Å². The Morgan fingerprint density at radius 2 is 2.28 bits per heavy atom. The maximum atomic E-state index is 4.49. The van der Waals surface area contributed by atoms with Crippen molar-refractivity contribution in [3.8, 4) is 0 Å². The van der Waals surface area contributed by atoms with E-state index in [1.165, 1.54) is 10.4 Å². The predicted molar refractivity (Wildman–Crippen MR) is 81.1 cm³/mol. The van der Waals surface area contributed by atoms with Crippen molar-refractivity contribution < 1.29 is 0 Å². The average molecular weight is 325 g/mol. The molecule has 96 valence electrons. The largest absolute Gasteiger partial charge is 0.309 e. The van der Waals surface area contributed by atoms with Gasteiger partial charge in [0, 0.05) is 27.3 Å². The van der Waals surface area contributed by atoms with Crippen molar-refractivity contribution in [1.82, 2.24) is 10.3 Å². The van der Waals surface area contributed by atoms with Crippen LogP contribution in [0.4, 0.5) is 0 Å². The molecule has 0 fully saturated rings. The minimum absolute atomic E-state index is 0.292. The van der Waals surface area contributed by atoms with Crippen LogP contribution in [0.1, 0.15) is 29.1 Å². The number of likely N-dealkylation sites (N-methyl/N-ethyl adjacent to an activating group) is 1. The van der Waals surface area contributed by atoms with E-state index in [-0.39, 0.29) is 0 Å². The van der Waals surface area contributed by atoms with Crippen molar-refractivity contribution in [2.24, 2.45) is 0 Å². The van der Waals surface area contributed by atoms with Gasteiger partial charge in [-0.3, -0.25) is 4.98 Å². The zero-order valence-corrected chi connectivity index (χ0v) is 13.0. The van der Waals surface area contributed by atoms with Crippen LogP contribution in [-0.2, 0) is 6.42 Å². The van der Waals surface area contributed by atoms with Gasteiger partial charge in [-0.2, -0.15) is 0 Å². The molecule has 0 saturated heterocycles. The molecule has 0 aliphatic heterocycles. The Kier molecular flexibility index (Phi) is 4.92. The van der Waals surface area contributed by atoms with Gasteiger partial charge in [0.25, 0.3) is 0 Å². The van der Waals surface area contributed by atoms with Crippen molar-refractivity contribution in [3.63, 3.8) is 0 Å². The van der Waals surface area contributed by atoms with Crippen LogP contribution in [0, 0.1) is 6.92 Å². The first-order valence-electron chi connectivity index (χ1n) is 6.08. The van der Waals surface area contributed by atoms with Crippen molar-refractivity contribution in [2.75, 3.05) is 6.54 Å². The molecule has 18 heavy (non-hydrogen) atoms. The highest BCUT2D eigenvalue weighted by Crippen LogP contribution is 2.25. The molecule has 1 unspecified atom stereocenters. The Morgan fingerprint density at radius 3 is 2.89 bits per heavy atom. The lowest BCUT2D eigenvalue weighted by molar-refractivity contribution is 0.539. The van der Waals surface area contributed by atoms with E-state index in [0.29, 0.717) is 6.04 Å². The van der Waals surface area contributed by atoms with Crippen LogP contribution in [0.5, 0.6) is 0 Å². The van der Waals surface area contributed by atoms with Gasteiger partial charge in [0.05, 0.1) is 11.7 Å². The molecule has 0 radical (unpaired) electrons. The van der Waals surface area contributed by atoms with Crippen LogP contribution < -0.4 is 5.32 Å². The number of nitrogens with zero attached hydrogens (tertiary/aromatic N) is 1. The fraction of sp³-hybridized carbons (Fsp3) is 0.357. The Labute approximate surface area is 121 Å². The molecule has 4 heteroatoms. The second kappa shape index (κ2) is 6.45. The standard InChI is InChI=1S/C14H17BrN2S/c1-3-16-14(8-12-7-11(15)9-18-12)13-6-10(2)4-5-17-13/h4-7,9,14,16H,3,8H2,1-2H3. The smallest absolute Gasteiger partial charge is 0.0579 e. The van der Waals surface area contributed by atoms with E-state index in [9.17, 15) is 0 Å². The number of aryl methyl sites for hydroxylation is 1. The molecular weight excluding hydrogens is 308 g/mol. The zero-order chi connectivity index (χ0) is 13.0. The fourth-order valence-corrected chi connectivity index (χ4v) is 3.44. The summed E-state index contributed by atoms with van der Waals surface area (Å²) in [6.45, 7) is 5.19. The van der Waals surface area contributed by atoms with Crippen LogP contribution in [0.15, 0.2) is 34.2 Å². The number of nitrogens with one attached hydrogen (secondary N) is 1. The number of thiophene rings is 1. The highest BCUT2D eigenvalue weighted by Gasteiger charge is 2.13. The minimum Gasteiger partial charge on any atom is -0.309 e. The maximum Gasteiger partial charge on any atom is 0.0579 e. The summed E-state index contributed by atoms with van der Waals surface area (Å²) < 4.78 is 1.16. The van der Waals surface area contributed by atoms with Gasteiger partial charge in [-0.1, -0.05) is 6.92 Å². The van der Waals surface area contributed by atoms with Gasteiger partial charge in [-0.05, 0) is 53.2 Å². The number of rotatable bonds is 5. The summed E-state index contributed by atoms with van der Waals surface area (Å²) in [5, 5.41) is 5.64. The summed E-state index contributed by atoms with van der Waals surface area (Å²) in [6, 6.07) is 6.68. The van der Waals surface area contributed by atoms with Crippen LogP contribution in [0.2, 0.25) is 0 Å². The molecule has 2 aromatic rings. The van der Waals surface area contributed by atoms with Gasteiger partial charge in [-0.15, -0.1) is 11.3 Å². The van der Waals surface area contributed by atoms with E-state index in [0.717, 1.165) is 23.1 Å². The van der Waals surface area contributed by atoms with Crippen molar-refractivity contribution in [1.29, 1.82) is 0 Å². The van der Waals surface area contributed by atoms with Gasteiger partial charge in [0.1, 0.15) is 0 Å². The summed E-state index contributed by atoms with van der Waals surface area (Å²) in [5.41, 5.74) is 2.39. The van der Waals surface area contributed by atoms with E-state index in [4.69, 9.17) is 0 Å². The highest BCUT2D eigenvalue weighted by atomic mass is 79.9. The predicted octanol–water partition coefficient (Wildman–Crippen LogP) is 4.11. The molecule has 2 heterocycles. The molecule has 0 aromatic carbocycles. The molecule has 0 amide bonds. The third kappa shape index (κ3) is 3.64. The van der Waals surface area contributed by atoms with Crippen LogP contribution in [-0.4, -0.2) is 11.5 Å². The van der Waals surface area contributed by atoms with Gasteiger partial charge in [-0.25, -0.2) is 0 Å². The van der Waals surface area contributed by atoms with Crippen LogP contribution in [0.3, 0.4) is 0 Å². The molecule has 0 aliphatic carbocycles. The lowest BCUT2D eigenvalue weighted by Gasteiger charge is -2.17. The number of halogens is 1. The summed E-state index contributed by atoms with van der Waals surface area (Å²) in [6.07, 6.45) is 2.87. The Morgan fingerprint density at radius 1 is 1.44 bits per heavy atom. The second-order valence-electron chi connectivity index (χ2n) is 4.30. The molecule has 2 nitrogen and oxygen atoms in total. The maximum absolute atomic E-state index is 4.49. The fourth-order valence-electron chi connectivity index (χ4n) is 1.94. The molecular formula is C14H17BrN2S. The average Bonchev–Trinajstić information content (AvgIpc) is 2.74. The first kappa shape index (κ1) is 13.7. The summed E-state index contributed by atoms with van der Waals surface area (Å²) in [4.78, 5) is 5.86. The Hall–Kier alpha value is -0.710. The van der Waals surface area contributed by atoms with Gasteiger partial charge in [0.15, 0.2) is 0 Å². The summed E-state index contributed by atoms with van der Waals surface area (Å²) >= 11 is 5.29. The SMILES string of the molecule is CCNC(Cc1cc(Br)cs1)c1cc(C)ccn1. The Bertz CT molecular complexity index is 510. The first-order chi connectivity index (χ1) is 8.69. The van der Waals surface area contributed by atoms with Gasteiger partial charge < -0.3 is 5.32 Å². The van der Waals surface area contributed by atoms with E-state index >= 15 is 0 Å². The Balaban J connectivity index is 2.17. The van der Waals surface area contributed by atoms with Crippen molar-refractivity contribution in [3.05, 3.63) is 50.4 Å². The number of aromatic nitrogens is 1. The molecule has 0 bridgehead atoms. The normalized spacial score (nSPS) is 12.6. The second-order valence-corrected chi connectivity index (χ2v) is 6.22. The summed E-state index contributed by atoms with van der Waals surface area (Å²) in [7, 11) is 0. The third-order valence-corrected chi connectivity index (χ3v) is 4.49. The van der Waals surface area contributed by atoms with Crippen molar-refractivity contribution >= 4 is 27.3 Å². The topological polar surface area (TPSA) is 24.9 Å². The summed E-state index contributed by atoms with van der Waals surface area (Å²) in [5.74, 6) is 0.